The molecule has 4 heteroatoms. The zero-order valence-corrected chi connectivity index (χ0v) is 12.4. The Morgan fingerprint density at radius 2 is 1.85 bits per heavy atom. The molecule has 0 bridgehead atoms. The molecule has 0 saturated carbocycles. The van der Waals surface area contributed by atoms with Gasteiger partial charge in [0.2, 0.25) is 0 Å². The predicted octanol–water partition coefficient (Wildman–Crippen LogP) is 2.28. The molecule has 1 rings (SSSR count). The average Bonchev–Trinajstić information content (AvgIpc) is 2.38. The molecule has 0 aromatic heterocycles. The van der Waals surface area contributed by atoms with Crippen molar-refractivity contribution in [2.45, 2.75) is 51.6 Å². The maximum Gasteiger partial charge on any atom is 0.308 e. The first kappa shape index (κ1) is 18.6. The molecular formula is C16H26O4. The predicted molar refractivity (Wildman–Crippen MR) is 79.5 cm³/mol. The van der Waals surface area contributed by atoms with E-state index in [4.69, 9.17) is 4.74 Å². The first-order valence-corrected chi connectivity index (χ1v) is 7.01. The van der Waals surface area contributed by atoms with E-state index in [2.05, 4.69) is 0 Å². The van der Waals surface area contributed by atoms with Crippen LogP contribution in [0.5, 0.6) is 0 Å². The lowest BCUT2D eigenvalue weighted by molar-refractivity contribution is -0.149. The number of carbonyl (C=O) groups is 1. The molecule has 0 radical (unpaired) electrons. The highest BCUT2D eigenvalue weighted by Crippen LogP contribution is 2.24. The second-order valence-corrected chi connectivity index (χ2v) is 4.94. The molecule has 0 saturated heterocycles. The van der Waals surface area contributed by atoms with Crippen molar-refractivity contribution in [3.05, 3.63) is 35.9 Å². The summed E-state index contributed by atoms with van der Waals surface area (Å²) in [4.78, 5) is 11.6. The normalized spacial score (nSPS) is 13.2. The van der Waals surface area contributed by atoms with Crippen LogP contribution < -0.4 is 0 Å². The van der Waals surface area contributed by atoms with Crippen LogP contribution in [0.15, 0.2) is 30.3 Å². The third kappa shape index (κ3) is 6.68. The molecule has 0 fully saturated rings. The number of benzene rings is 1. The Hall–Kier alpha value is -1.39. The van der Waals surface area contributed by atoms with Gasteiger partial charge in [-0.15, -0.1) is 0 Å². The molecule has 0 aliphatic carbocycles. The van der Waals surface area contributed by atoms with E-state index in [-0.39, 0.29) is 17.9 Å². The van der Waals surface area contributed by atoms with Crippen molar-refractivity contribution in [1.82, 2.24) is 0 Å². The largest absolute Gasteiger partial charge is 0.466 e. The van der Waals surface area contributed by atoms with Gasteiger partial charge in [0.1, 0.15) is 0 Å². The van der Waals surface area contributed by atoms with Crippen LogP contribution in [-0.2, 0) is 16.0 Å². The summed E-state index contributed by atoms with van der Waals surface area (Å²) in [5.41, 5.74) is 0.234. The van der Waals surface area contributed by atoms with E-state index in [1.807, 2.05) is 37.3 Å². The average molecular weight is 282 g/mol. The highest BCUT2D eigenvalue weighted by Gasteiger charge is 2.29. The Balaban J connectivity index is 0.00000361. The van der Waals surface area contributed by atoms with Gasteiger partial charge in [-0.1, -0.05) is 43.7 Å². The molecule has 114 valence electrons. The number of esters is 1. The summed E-state index contributed by atoms with van der Waals surface area (Å²) in [5.74, 6) is -0.313. The number of carbonyl (C=O) groups excluding carboxylic acids is 1. The number of ether oxygens (including phenoxy) is 1. The van der Waals surface area contributed by atoms with Gasteiger partial charge in [0.05, 0.1) is 18.6 Å². The zero-order chi connectivity index (χ0) is 14.1. The highest BCUT2D eigenvalue weighted by molar-refractivity contribution is 5.70. The molecule has 0 amide bonds. The van der Waals surface area contributed by atoms with Gasteiger partial charge in [-0.05, 0) is 31.7 Å². The minimum absolute atomic E-state index is 0. The summed E-state index contributed by atoms with van der Waals surface area (Å²) in [6, 6.07) is 10.0. The Morgan fingerprint density at radius 1 is 1.20 bits per heavy atom. The molecule has 4 nitrogen and oxygen atoms in total. The fourth-order valence-electron chi connectivity index (χ4n) is 2.27. The number of aliphatic hydroxyl groups is 1. The van der Waals surface area contributed by atoms with Crippen molar-refractivity contribution in [3.8, 4) is 0 Å². The second-order valence-electron chi connectivity index (χ2n) is 4.94. The standard InChI is InChI=1S/C16H24O3.H2O/c1-3-11-16(18,13-15(17)19-4-2)12-10-14-8-6-5-7-9-14;/h5-9,18H,3-4,10-13H2,1-2H3;1H2/t16-;/m1./s1. The van der Waals surface area contributed by atoms with E-state index in [0.29, 0.717) is 19.4 Å². The summed E-state index contributed by atoms with van der Waals surface area (Å²) in [6.07, 6.45) is 2.92. The lowest BCUT2D eigenvalue weighted by Crippen LogP contribution is -2.33. The lowest BCUT2D eigenvalue weighted by Gasteiger charge is -2.27. The minimum Gasteiger partial charge on any atom is -0.466 e. The summed E-state index contributed by atoms with van der Waals surface area (Å²) in [7, 11) is 0. The van der Waals surface area contributed by atoms with Crippen LogP contribution in [0, 0.1) is 0 Å². The number of hydrogen-bond donors (Lipinski definition) is 1. The van der Waals surface area contributed by atoms with Crippen molar-refractivity contribution >= 4 is 5.97 Å². The Kier molecular flexibility index (Phi) is 8.84. The molecule has 3 N–H and O–H groups in total. The van der Waals surface area contributed by atoms with Gasteiger partial charge in [-0.25, -0.2) is 0 Å². The number of aryl methyl sites for hydroxylation is 1. The molecule has 1 aromatic carbocycles. The van der Waals surface area contributed by atoms with Crippen molar-refractivity contribution in [3.63, 3.8) is 0 Å². The first-order chi connectivity index (χ1) is 9.09. The summed E-state index contributed by atoms with van der Waals surface area (Å²) >= 11 is 0. The Labute approximate surface area is 121 Å². The van der Waals surface area contributed by atoms with Crippen molar-refractivity contribution < 1.29 is 20.1 Å². The molecule has 0 aliphatic rings. The summed E-state index contributed by atoms with van der Waals surface area (Å²) in [6.45, 7) is 4.15. The quantitative estimate of drug-likeness (QED) is 0.743. The molecular weight excluding hydrogens is 256 g/mol. The Bertz CT molecular complexity index is 377. The minimum atomic E-state index is -0.948. The summed E-state index contributed by atoms with van der Waals surface area (Å²) in [5, 5.41) is 10.6. The molecule has 20 heavy (non-hydrogen) atoms. The van der Waals surface area contributed by atoms with Gasteiger partial charge in [0, 0.05) is 0 Å². The SMILES string of the molecule is CCC[C@@](O)(CCc1ccccc1)CC(=O)OCC.O. The van der Waals surface area contributed by atoms with Gasteiger partial charge >= 0.3 is 5.97 Å². The first-order valence-electron chi connectivity index (χ1n) is 7.01. The fourth-order valence-corrected chi connectivity index (χ4v) is 2.27. The van der Waals surface area contributed by atoms with E-state index >= 15 is 0 Å². The molecule has 0 unspecified atom stereocenters. The second kappa shape index (κ2) is 9.50. The maximum atomic E-state index is 11.6. The monoisotopic (exact) mass is 282 g/mol. The number of hydrogen-bond acceptors (Lipinski definition) is 3. The van der Waals surface area contributed by atoms with Gasteiger partial charge in [-0.2, -0.15) is 0 Å². The molecule has 0 heterocycles. The van der Waals surface area contributed by atoms with E-state index in [9.17, 15) is 9.90 Å². The van der Waals surface area contributed by atoms with Crippen molar-refractivity contribution in [2.75, 3.05) is 6.61 Å². The van der Waals surface area contributed by atoms with Gasteiger partial charge in [-0.3, -0.25) is 4.79 Å². The molecule has 1 aromatic rings. The van der Waals surface area contributed by atoms with Crippen LogP contribution in [0.3, 0.4) is 0 Å². The summed E-state index contributed by atoms with van der Waals surface area (Å²) < 4.78 is 4.94. The van der Waals surface area contributed by atoms with Crippen molar-refractivity contribution in [2.24, 2.45) is 0 Å². The Morgan fingerprint density at radius 3 is 2.40 bits per heavy atom. The van der Waals surface area contributed by atoms with Crippen LogP contribution in [0.2, 0.25) is 0 Å². The van der Waals surface area contributed by atoms with Gasteiger partial charge < -0.3 is 15.3 Å². The molecule has 1 atom stereocenters. The van der Waals surface area contributed by atoms with Gasteiger partial charge in [0.25, 0.3) is 0 Å². The maximum absolute atomic E-state index is 11.6. The van der Waals surface area contributed by atoms with Crippen LogP contribution in [-0.4, -0.2) is 28.8 Å². The molecule has 0 spiro atoms. The highest BCUT2D eigenvalue weighted by atomic mass is 16.5. The van der Waals surface area contributed by atoms with E-state index in [0.717, 1.165) is 12.8 Å². The van der Waals surface area contributed by atoms with Crippen LogP contribution in [0.1, 0.15) is 45.1 Å². The van der Waals surface area contributed by atoms with Crippen LogP contribution in [0.25, 0.3) is 0 Å². The third-order valence-electron chi connectivity index (χ3n) is 3.22. The smallest absolute Gasteiger partial charge is 0.308 e. The lowest BCUT2D eigenvalue weighted by atomic mass is 9.87. The van der Waals surface area contributed by atoms with Gasteiger partial charge in [0.15, 0.2) is 0 Å². The van der Waals surface area contributed by atoms with E-state index in [1.54, 1.807) is 6.92 Å². The number of rotatable bonds is 8. The third-order valence-corrected chi connectivity index (χ3v) is 3.22. The van der Waals surface area contributed by atoms with Crippen molar-refractivity contribution in [1.29, 1.82) is 0 Å². The zero-order valence-electron chi connectivity index (χ0n) is 12.4. The van der Waals surface area contributed by atoms with Crippen LogP contribution in [0.4, 0.5) is 0 Å². The fraction of sp³-hybridized carbons (Fsp3) is 0.562. The van der Waals surface area contributed by atoms with Crippen LogP contribution >= 0.6 is 0 Å². The molecule has 0 aliphatic heterocycles. The topological polar surface area (TPSA) is 78.0 Å². The van der Waals surface area contributed by atoms with E-state index in [1.165, 1.54) is 5.56 Å². The van der Waals surface area contributed by atoms with E-state index < -0.39 is 5.60 Å².